The summed E-state index contributed by atoms with van der Waals surface area (Å²) in [6, 6.07) is 5.46. The van der Waals surface area contributed by atoms with E-state index in [9.17, 15) is 10.1 Å². The Labute approximate surface area is 170 Å². The summed E-state index contributed by atoms with van der Waals surface area (Å²) in [5.74, 6) is 0.0513. The summed E-state index contributed by atoms with van der Waals surface area (Å²) in [4.78, 5) is 12.9. The highest BCUT2D eigenvalue weighted by Gasteiger charge is 2.39. The van der Waals surface area contributed by atoms with Crippen LogP contribution >= 0.6 is 0 Å². The maximum Gasteiger partial charge on any atom is 0.338 e. The molecule has 0 unspecified atom stereocenters. The fraction of sp³-hybridized carbons (Fsp3) is 0.429. The molecule has 1 aromatic rings. The molecule has 1 aromatic carbocycles. The number of allylic oxidation sites excluding steroid dienone is 2. The molecule has 0 fully saturated rings. The minimum Gasteiger partial charge on any atom is -0.493 e. The molecule has 0 aromatic heterocycles. The first-order chi connectivity index (χ1) is 14.0. The van der Waals surface area contributed by atoms with Gasteiger partial charge in [0.2, 0.25) is 11.6 Å². The van der Waals surface area contributed by atoms with Crippen molar-refractivity contribution in [2.45, 2.75) is 32.6 Å². The number of hydrogen-bond acceptors (Lipinski definition) is 8. The molecule has 2 N–H and O–H groups in total. The lowest BCUT2D eigenvalue weighted by molar-refractivity contribution is -0.139. The van der Waals surface area contributed by atoms with Crippen LogP contribution in [0.25, 0.3) is 0 Å². The smallest absolute Gasteiger partial charge is 0.338 e. The maximum atomic E-state index is 12.9. The molecule has 1 aliphatic heterocycles. The number of benzene rings is 1. The van der Waals surface area contributed by atoms with Crippen molar-refractivity contribution in [1.82, 2.24) is 0 Å². The van der Waals surface area contributed by atoms with Gasteiger partial charge in [-0.2, -0.15) is 5.26 Å². The van der Waals surface area contributed by atoms with Crippen LogP contribution in [0.2, 0.25) is 0 Å². The van der Waals surface area contributed by atoms with Gasteiger partial charge >= 0.3 is 5.97 Å². The number of carbonyl (C=O) groups excluding carboxylic acids is 1. The summed E-state index contributed by atoms with van der Waals surface area (Å²) in [5.41, 5.74) is 6.89. The Hall–Kier alpha value is -3.34. The standard InChI is InChI=1S/C21H26N2O6/c1-6-8-14-17(21(24)28-7-2)16(13(11-22)20(23)29-14)12-9-10-15(25-3)19(27-5)18(12)26-4/h9-10,16H,6-8,23H2,1-5H3/t16-/m0/s1. The zero-order chi connectivity index (χ0) is 21.6. The predicted octanol–water partition coefficient (Wildman–Crippen LogP) is 3.14. The number of nitrogens with two attached hydrogens (primary N) is 1. The molecule has 0 saturated heterocycles. The van der Waals surface area contributed by atoms with Gasteiger partial charge in [0, 0.05) is 12.0 Å². The van der Waals surface area contributed by atoms with Crippen LogP contribution in [0.15, 0.2) is 34.9 Å². The number of nitriles is 1. The normalized spacial score (nSPS) is 16.1. The molecule has 29 heavy (non-hydrogen) atoms. The van der Waals surface area contributed by atoms with E-state index in [1.165, 1.54) is 21.3 Å². The number of hydrogen-bond donors (Lipinski definition) is 1. The lowest BCUT2D eigenvalue weighted by Crippen LogP contribution is -2.26. The highest BCUT2D eigenvalue weighted by atomic mass is 16.5. The molecular weight excluding hydrogens is 376 g/mol. The van der Waals surface area contributed by atoms with E-state index in [2.05, 4.69) is 6.07 Å². The van der Waals surface area contributed by atoms with Crippen LogP contribution in [0.5, 0.6) is 17.2 Å². The number of carbonyl (C=O) groups is 1. The molecule has 0 bridgehead atoms. The summed E-state index contributed by atoms with van der Waals surface area (Å²) >= 11 is 0. The van der Waals surface area contributed by atoms with Crippen molar-refractivity contribution in [3.8, 4) is 23.3 Å². The van der Waals surface area contributed by atoms with E-state index in [1.54, 1.807) is 19.1 Å². The van der Waals surface area contributed by atoms with Crippen LogP contribution in [-0.2, 0) is 14.3 Å². The van der Waals surface area contributed by atoms with E-state index in [4.69, 9.17) is 29.4 Å². The van der Waals surface area contributed by atoms with E-state index < -0.39 is 11.9 Å². The Morgan fingerprint density at radius 1 is 1.17 bits per heavy atom. The summed E-state index contributed by atoms with van der Waals surface area (Å²) in [6.45, 7) is 3.84. The summed E-state index contributed by atoms with van der Waals surface area (Å²) < 4.78 is 27.3. The molecule has 1 aliphatic rings. The molecule has 0 spiro atoms. The third kappa shape index (κ3) is 4.09. The first-order valence-electron chi connectivity index (χ1n) is 9.25. The number of esters is 1. The molecule has 0 radical (unpaired) electrons. The third-order valence-corrected chi connectivity index (χ3v) is 4.51. The third-order valence-electron chi connectivity index (χ3n) is 4.51. The molecule has 1 heterocycles. The number of ether oxygens (including phenoxy) is 5. The van der Waals surface area contributed by atoms with E-state index >= 15 is 0 Å². The lowest BCUT2D eigenvalue weighted by atomic mass is 9.81. The summed E-state index contributed by atoms with van der Waals surface area (Å²) in [7, 11) is 4.46. The number of rotatable bonds is 8. The van der Waals surface area contributed by atoms with Crippen molar-refractivity contribution in [2.75, 3.05) is 27.9 Å². The zero-order valence-corrected chi connectivity index (χ0v) is 17.3. The van der Waals surface area contributed by atoms with Gasteiger partial charge in [-0.05, 0) is 19.4 Å². The average Bonchev–Trinajstić information content (AvgIpc) is 2.72. The predicted molar refractivity (Wildman–Crippen MR) is 105 cm³/mol. The van der Waals surface area contributed by atoms with Crippen LogP contribution in [-0.4, -0.2) is 33.9 Å². The Balaban J connectivity index is 2.84. The van der Waals surface area contributed by atoms with E-state index in [-0.39, 0.29) is 23.6 Å². The molecule has 2 rings (SSSR count). The second-order valence-electron chi connectivity index (χ2n) is 6.16. The van der Waals surface area contributed by atoms with Crippen LogP contribution in [0.1, 0.15) is 38.2 Å². The van der Waals surface area contributed by atoms with Crippen molar-refractivity contribution >= 4 is 5.97 Å². The van der Waals surface area contributed by atoms with Crippen LogP contribution < -0.4 is 19.9 Å². The SMILES string of the molecule is CCCC1=C(C(=O)OCC)[C@@H](c2ccc(OC)c(OC)c2OC)C(C#N)=C(N)O1. The first-order valence-corrected chi connectivity index (χ1v) is 9.25. The topological polar surface area (TPSA) is 113 Å². The zero-order valence-electron chi connectivity index (χ0n) is 17.3. The van der Waals surface area contributed by atoms with Crippen molar-refractivity contribution < 1.29 is 28.5 Å². The molecular formula is C21H26N2O6. The Morgan fingerprint density at radius 2 is 1.86 bits per heavy atom. The second kappa shape index (κ2) is 9.73. The minimum absolute atomic E-state index is 0.0502. The molecule has 8 nitrogen and oxygen atoms in total. The van der Waals surface area contributed by atoms with Gasteiger partial charge in [0.05, 0.1) is 39.4 Å². The average molecular weight is 402 g/mol. The fourth-order valence-corrected chi connectivity index (χ4v) is 3.33. The fourth-order valence-electron chi connectivity index (χ4n) is 3.33. The quantitative estimate of drug-likeness (QED) is 0.660. The molecule has 0 aliphatic carbocycles. The Kier molecular flexibility index (Phi) is 7.37. The molecule has 156 valence electrons. The van der Waals surface area contributed by atoms with Crippen LogP contribution in [0, 0.1) is 11.3 Å². The number of methoxy groups -OCH3 is 3. The number of nitrogens with zero attached hydrogens (tertiary/aromatic N) is 1. The largest absolute Gasteiger partial charge is 0.493 e. The van der Waals surface area contributed by atoms with Crippen molar-refractivity contribution in [3.63, 3.8) is 0 Å². The molecule has 1 atom stereocenters. The van der Waals surface area contributed by atoms with Gasteiger partial charge in [-0.25, -0.2) is 4.79 Å². The van der Waals surface area contributed by atoms with Gasteiger partial charge in [-0.3, -0.25) is 0 Å². The molecule has 0 saturated carbocycles. The summed E-state index contributed by atoms with van der Waals surface area (Å²) in [6.07, 6.45) is 1.17. The Morgan fingerprint density at radius 3 is 2.38 bits per heavy atom. The van der Waals surface area contributed by atoms with Gasteiger partial charge in [0.1, 0.15) is 17.4 Å². The Bertz CT molecular complexity index is 882. The van der Waals surface area contributed by atoms with Crippen molar-refractivity contribution in [2.24, 2.45) is 5.73 Å². The lowest BCUT2D eigenvalue weighted by Gasteiger charge is -2.29. The van der Waals surface area contributed by atoms with E-state index in [0.29, 0.717) is 41.4 Å². The maximum absolute atomic E-state index is 12.9. The molecule has 0 amide bonds. The van der Waals surface area contributed by atoms with Crippen molar-refractivity contribution in [1.29, 1.82) is 5.26 Å². The van der Waals surface area contributed by atoms with Gasteiger partial charge < -0.3 is 29.4 Å². The van der Waals surface area contributed by atoms with Gasteiger partial charge in [0.25, 0.3) is 0 Å². The van der Waals surface area contributed by atoms with E-state index in [0.717, 1.165) is 0 Å². The summed E-state index contributed by atoms with van der Waals surface area (Å²) in [5, 5.41) is 9.79. The van der Waals surface area contributed by atoms with Crippen LogP contribution in [0.3, 0.4) is 0 Å². The van der Waals surface area contributed by atoms with Gasteiger partial charge in [0.15, 0.2) is 11.5 Å². The second-order valence-corrected chi connectivity index (χ2v) is 6.16. The molecule has 8 heteroatoms. The van der Waals surface area contributed by atoms with Gasteiger partial charge in [-0.1, -0.05) is 13.0 Å². The van der Waals surface area contributed by atoms with E-state index in [1.807, 2.05) is 6.92 Å². The van der Waals surface area contributed by atoms with Crippen molar-refractivity contribution in [3.05, 3.63) is 40.5 Å². The minimum atomic E-state index is -0.830. The monoisotopic (exact) mass is 402 g/mol. The van der Waals surface area contributed by atoms with Crippen LogP contribution in [0.4, 0.5) is 0 Å². The highest BCUT2D eigenvalue weighted by Crippen LogP contribution is 2.49. The highest BCUT2D eigenvalue weighted by molar-refractivity contribution is 5.93. The first kappa shape index (κ1) is 22.0. The van der Waals surface area contributed by atoms with Gasteiger partial charge in [-0.15, -0.1) is 0 Å².